The van der Waals surface area contributed by atoms with Gasteiger partial charge >= 0.3 is 0 Å². The van der Waals surface area contributed by atoms with E-state index in [2.05, 4.69) is 60.0 Å². The first-order valence-electron chi connectivity index (χ1n) is 11.8. The number of unbranched alkanes of at least 4 members (excludes halogenated alkanes) is 3. The molecule has 1 heterocycles. The van der Waals surface area contributed by atoms with Gasteiger partial charge in [-0.25, -0.2) is 4.98 Å². The Hall–Kier alpha value is -3.37. The van der Waals surface area contributed by atoms with Crippen LogP contribution in [-0.2, 0) is 13.0 Å². The van der Waals surface area contributed by atoms with Crippen LogP contribution in [0.2, 0.25) is 0 Å². The number of hydrogen-bond donors (Lipinski definition) is 1. The quantitative estimate of drug-likeness (QED) is 0.270. The molecule has 4 nitrogen and oxygen atoms in total. The van der Waals surface area contributed by atoms with Crippen molar-refractivity contribution in [3.8, 4) is 22.7 Å². The lowest BCUT2D eigenvalue weighted by atomic mass is 10.1. The molecule has 0 radical (unpaired) electrons. The summed E-state index contributed by atoms with van der Waals surface area (Å²) in [5, 5.41) is 9.03. The zero-order valence-corrected chi connectivity index (χ0v) is 19.3. The lowest BCUT2D eigenvalue weighted by molar-refractivity contribution is 0.282. The first kappa shape index (κ1) is 22.8. The molecule has 0 saturated carbocycles. The fraction of sp³-hybridized carbons (Fsp3) is 0.276. The van der Waals surface area contributed by atoms with Crippen molar-refractivity contribution in [1.29, 1.82) is 0 Å². The van der Waals surface area contributed by atoms with Crippen LogP contribution in [0.4, 0.5) is 0 Å². The van der Waals surface area contributed by atoms with Crippen LogP contribution in [0.3, 0.4) is 0 Å². The van der Waals surface area contributed by atoms with Crippen molar-refractivity contribution in [2.45, 2.75) is 45.6 Å². The minimum atomic E-state index is 0.269. The molecule has 3 aromatic carbocycles. The number of aliphatic hydroxyl groups excluding tert-OH is 1. The topological polar surface area (TPSA) is 47.3 Å². The molecule has 4 aromatic rings. The predicted molar refractivity (Wildman–Crippen MR) is 134 cm³/mol. The van der Waals surface area contributed by atoms with Crippen molar-refractivity contribution in [2.75, 3.05) is 6.61 Å². The summed E-state index contributed by atoms with van der Waals surface area (Å²) in [6, 6.07) is 27.1. The Bertz CT molecular complexity index is 1130. The van der Waals surface area contributed by atoms with Crippen LogP contribution in [-0.4, -0.2) is 21.3 Å². The van der Waals surface area contributed by atoms with E-state index in [0.29, 0.717) is 6.61 Å². The largest absolute Gasteiger partial charge is 0.489 e. The summed E-state index contributed by atoms with van der Waals surface area (Å²) in [6.45, 7) is 2.92. The van der Waals surface area contributed by atoms with Gasteiger partial charge in [-0.2, -0.15) is 0 Å². The Kier molecular flexibility index (Phi) is 7.94. The van der Waals surface area contributed by atoms with E-state index < -0.39 is 0 Å². The fourth-order valence-electron chi connectivity index (χ4n) is 3.99. The van der Waals surface area contributed by atoms with Crippen LogP contribution in [0, 0.1) is 6.92 Å². The lowest BCUT2D eigenvalue weighted by Gasteiger charge is -2.14. The first-order chi connectivity index (χ1) is 16.2. The zero-order chi connectivity index (χ0) is 22.9. The van der Waals surface area contributed by atoms with Crippen molar-refractivity contribution < 1.29 is 9.84 Å². The minimum absolute atomic E-state index is 0.269. The average molecular weight is 441 g/mol. The number of aromatic nitrogens is 2. The molecule has 0 unspecified atom stereocenters. The molecule has 4 heteroatoms. The van der Waals surface area contributed by atoms with Crippen LogP contribution in [0.5, 0.6) is 5.75 Å². The number of aliphatic hydroxyl groups is 1. The molecule has 170 valence electrons. The molecule has 4 rings (SSSR count). The first-order valence-corrected chi connectivity index (χ1v) is 11.8. The van der Waals surface area contributed by atoms with E-state index in [1.165, 1.54) is 5.56 Å². The number of nitrogens with zero attached hydrogens (tertiary/aromatic N) is 2. The summed E-state index contributed by atoms with van der Waals surface area (Å²) in [5.41, 5.74) is 5.65. The second-order valence-electron chi connectivity index (χ2n) is 8.42. The maximum absolute atomic E-state index is 9.03. The van der Waals surface area contributed by atoms with Crippen molar-refractivity contribution in [3.05, 3.63) is 102 Å². The summed E-state index contributed by atoms with van der Waals surface area (Å²) < 4.78 is 8.34. The molecule has 1 aromatic heterocycles. The zero-order valence-electron chi connectivity index (χ0n) is 19.3. The smallest absolute Gasteiger partial charge is 0.120 e. The molecule has 0 atom stereocenters. The van der Waals surface area contributed by atoms with E-state index in [-0.39, 0.29) is 6.61 Å². The molecule has 0 fully saturated rings. The van der Waals surface area contributed by atoms with Gasteiger partial charge in [0.05, 0.1) is 11.9 Å². The highest BCUT2D eigenvalue weighted by atomic mass is 16.5. The second kappa shape index (κ2) is 11.5. The molecule has 33 heavy (non-hydrogen) atoms. The van der Waals surface area contributed by atoms with Gasteiger partial charge in [-0.15, -0.1) is 0 Å². The highest BCUT2D eigenvalue weighted by Gasteiger charge is 2.14. The Balaban J connectivity index is 1.59. The van der Waals surface area contributed by atoms with Crippen LogP contribution in [0.25, 0.3) is 16.9 Å². The molecular formula is C29H32N2O2. The Morgan fingerprint density at radius 2 is 1.64 bits per heavy atom. The van der Waals surface area contributed by atoms with Crippen molar-refractivity contribution in [1.82, 2.24) is 9.55 Å². The maximum Gasteiger partial charge on any atom is 0.120 e. The van der Waals surface area contributed by atoms with Gasteiger partial charge in [0, 0.05) is 24.3 Å². The number of aryl methyl sites for hydroxylation is 2. The SMILES string of the molecule is Cc1ccc(-n2c(-c3cccc(OCc4ccccc4)c3)cnc2CCCCCCO)cc1. The minimum Gasteiger partial charge on any atom is -0.489 e. The number of hydrogen-bond acceptors (Lipinski definition) is 3. The Morgan fingerprint density at radius 1 is 0.848 bits per heavy atom. The third-order valence-electron chi connectivity index (χ3n) is 5.81. The van der Waals surface area contributed by atoms with Gasteiger partial charge in [0.1, 0.15) is 18.2 Å². The molecule has 0 aliphatic heterocycles. The molecule has 0 saturated heterocycles. The van der Waals surface area contributed by atoms with Gasteiger partial charge in [0.15, 0.2) is 0 Å². The van der Waals surface area contributed by atoms with E-state index in [0.717, 1.165) is 66.2 Å². The lowest BCUT2D eigenvalue weighted by Crippen LogP contribution is -2.04. The Morgan fingerprint density at radius 3 is 2.42 bits per heavy atom. The van der Waals surface area contributed by atoms with Gasteiger partial charge in [-0.05, 0) is 49.6 Å². The number of imidazole rings is 1. The normalized spacial score (nSPS) is 11.0. The van der Waals surface area contributed by atoms with Crippen molar-refractivity contribution in [3.63, 3.8) is 0 Å². The molecular weight excluding hydrogens is 408 g/mol. The number of ether oxygens (including phenoxy) is 1. The van der Waals surface area contributed by atoms with Crippen LogP contribution in [0.1, 0.15) is 42.6 Å². The van der Waals surface area contributed by atoms with Crippen LogP contribution < -0.4 is 4.74 Å². The van der Waals surface area contributed by atoms with Crippen LogP contribution >= 0.6 is 0 Å². The summed E-state index contributed by atoms with van der Waals surface area (Å²) >= 11 is 0. The van der Waals surface area contributed by atoms with Gasteiger partial charge in [0.2, 0.25) is 0 Å². The summed E-state index contributed by atoms with van der Waals surface area (Å²) in [4.78, 5) is 4.81. The summed E-state index contributed by atoms with van der Waals surface area (Å²) in [5.74, 6) is 1.91. The highest BCUT2D eigenvalue weighted by molar-refractivity contribution is 5.64. The molecule has 0 aliphatic carbocycles. The average Bonchev–Trinajstić information content (AvgIpc) is 3.28. The molecule has 0 bridgehead atoms. The molecule has 0 aliphatic rings. The summed E-state index contributed by atoms with van der Waals surface area (Å²) in [6.07, 6.45) is 6.95. The number of benzene rings is 3. The predicted octanol–water partition coefficient (Wildman–Crippen LogP) is 6.52. The molecule has 0 spiro atoms. The fourth-order valence-corrected chi connectivity index (χ4v) is 3.99. The van der Waals surface area contributed by atoms with E-state index in [9.17, 15) is 0 Å². The monoisotopic (exact) mass is 440 g/mol. The molecule has 0 amide bonds. The summed E-state index contributed by atoms with van der Waals surface area (Å²) in [7, 11) is 0. The number of rotatable bonds is 11. The third-order valence-corrected chi connectivity index (χ3v) is 5.81. The Labute approximate surface area is 196 Å². The maximum atomic E-state index is 9.03. The van der Waals surface area contributed by atoms with E-state index in [1.807, 2.05) is 36.5 Å². The van der Waals surface area contributed by atoms with Gasteiger partial charge < -0.3 is 9.84 Å². The third kappa shape index (κ3) is 6.11. The van der Waals surface area contributed by atoms with E-state index >= 15 is 0 Å². The standard InChI is InChI=1S/C29H32N2O2/c1-23-15-17-26(18-16-23)31-28(21-30-29(31)14-7-2-3-8-19-32)25-12-9-13-27(20-25)33-22-24-10-5-4-6-11-24/h4-6,9-13,15-18,20-21,32H,2-3,7-8,14,19,22H2,1H3. The van der Waals surface area contributed by atoms with Gasteiger partial charge in [-0.3, -0.25) is 4.57 Å². The van der Waals surface area contributed by atoms with Gasteiger partial charge in [0.25, 0.3) is 0 Å². The van der Waals surface area contributed by atoms with E-state index in [1.54, 1.807) is 0 Å². The van der Waals surface area contributed by atoms with E-state index in [4.69, 9.17) is 14.8 Å². The van der Waals surface area contributed by atoms with Crippen LogP contribution in [0.15, 0.2) is 85.1 Å². The van der Waals surface area contributed by atoms with Gasteiger partial charge in [-0.1, -0.05) is 73.0 Å². The second-order valence-corrected chi connectivity index (χ2v) is 8.42. The van der Waals surface area contributed by atoms with Crippen molar-refractivity contribution in [2.24, 2.45) is 0 Å². The highest BCUT2D eigenvalue weighted by Crippen LogP contribution is 2.29. The van der Waals surface area contributed by atoms with Crippen molar-refractivity contribution >= 4 is 0 Å². The molecule has 1 N–H and O–H groups in total.